The lowest BCUT2D eigenvalue weighted by Gasteiger charge is -2.07. The highest BCUT2D eigenvalue weighted by Crippen LogP contribution is 2.07. The molecule has 13 heavy (non-hydrogen) atoms. The summed E-state index contributed by atoms with van der Waals surface area (Å²) < 4.78 is 14.1. The Kier molecular flexibility index (Phi) is 3.25. The van der Waals surface area contributed by atoms with Gasteiger partial charge in [-0.3, -0.25) is 4.72 Å². The van der Waals surface area contributed by atoms with E-state index >= 15 is 0 Å². The molecule has 0 aliphatic carbocycles. The SMILES string of the molecule is CC(C)S(=O)Nc1ccc(N)cn1. The van der Waals surface area contributed by atoms with E-state index in [-0.39, 0.29) is 5.25 Å². The predicted molar refractivity (Wildman–Crippen MR) is 55.6 cm³/mol. The van der Waals surface area contributed by atoms with E-state index in [9.17, 15) is 4.21 Å². The Bertz CT molecular complexity index is 297. The minimum absolute atomic E-state index is 0.0688. The minimum atomic E-state index is -1.08. The molecule has 0 saturated heterocycles. The summed E-state index contributed by atoms with van der Waals surface area (Å²) in [5.74, 6) is 0.584. The van der Waals surface area contributed by atoms with Gasteiger partial charge in [-0.1, -0.05) is 0 Å². The third-order valence-electron chi connectivity index (χ3n) is 1.42. The fraction of sp³-hybridized carbons (Fsp3) is 0.375. The van der Waals surface area contributed by atoms with Crippen LogP contribution >= 0.6 is 0 Å². The van der Waals surface area contributed by atoms with E-state index in [2.05, 4.69) is 9.71 Å². The van der Waals surface area contributed by atoms with E-state index in [0.29, 0.717) is 11.5 Å². The van der Waals surface area contributed by atoms with Crippen LogP contribution in [0.5, 0.6) is 0 Å². The second kappa shape index (κ2) is 4.23. The van der Waals surface area contributed by atoms with E-state index in [0.717, 1.165) is 0 Å². The molecule has 1 atom stereocenters. The lowest BCUT2D eigenvalue weighted by atomic mass is 10.4. The monoisotopic (exact) mass is 199 g/mol. The second-order valence-corrected chi connectivity index (χ2v) is 4.67. The first-order valence-corrected chi connectivity index (χ1v) is 5.19. The molecule has 1 aromatic rings. The van der Waals surface area contributed by atoms with Gasteiger partial charge < -0.3 is 5.73 Å². The summed E-state index contributed by atoms with van der Waals surface area (Å²) in [7, 11) is -1.08. The topological polar surface area (TPSA) is 68.0 Å². The zero-order valence-corrected chi connectivity index (χ0v) is 8.47. The maximum atomic E-state index is 11.3. The molecule has 4 nitrogen and oxygen atoms in total. The Balaban J connectivity index is 2.65. The smallest absolute Gasteiger partial charge is 0.137 e. The Morgan fingerprint density at radius 2 is 2.23 bits per heavy atom. The van der Waals surface area contributed by atoms with Gasteiger partial charge >= 0.3 is 0 Å². The number of nitrogens with one attached hydrogen (secondary N) is 1. The number of anilines is 2. The molecule has 1 rings (SSSR count). The summed E-state index contributed by atoms with van der Waals surface area (Å²) in [4.78, 5) is 3.97. The first-order chi connectivity index (χ1) is 6.09. The number of aromatic nitrogens is 1. The molecule has 1 heterocycles. The van der Waals surface area contributed by atoms with Gasteiger partial charge in [0.1, 0.15) is 16.8 Å². The zero-order chi connectivity index (χ0) is 9.84. The highest BCUT2D eigenvalue weighted by molar-refractivity contribution is 7.86. The van der Waals surface area contributed by atoms with Gasteiger partial charge in [-0.25, -0.2) is 9.19 Å². The van der Waals surface area contributed by atoms with Crippen molar-refractivity contribution in [1.82, 2.24) is 4.98 Å². The summed E-state index contributed by atoms with van der Waals surface area (Å²) >= 11 is 0. The van der Waals surface area contributed by atoms with Gasteiger partial charge in [0.05, 0.1) is 11.9 Å². The first kappa shape index (κ1) is 9.98. The molecule has 1 unspecified atom stereocenters. The average molecular weight is 199 g/mol. The van der Waals surface area contributed by atoms with Gasteiger partial charge in [-0.2, -0.15) is 0 Å². The fourth-order valence-electron chi connectivity index (χ4n) is 0.687. The second-order valence-electron chi connectivity index (χ2n) is 2.92. The van der Waals surface area contributed by atoms with Crippen LogP contribution in [0.25, 0.3) is 0 Å². The van der Waals surface area contributed by atoms with E-state index in [1.807, 2.05) is 13.8 Å². The van der Waals surface area contributed by atoms with Crippen molar-refractivity contribution in [2.45, 2.75) is 19.1 Å². The molecule has 0 aromatic carbocycles. The molecule has 72 valence electrons. The van der Waals surface area contributed by atoms with Crippen LogP contribution in [0.2, 0.25) is 0 Å². The molecule has 0 aliphatic heterocycles. The van der Waals surface area contributed by atoms with Crippen molar-refractivity contribution in [3.8, 4) is 0 Å². The summed E-state index contributed by atoms with van der Waals surface area (Å²) in [6.07, 6.45) is 1.53. The molecule has 0 saturated carbocycles. The van der Waals surface area contributed by atoms with Crippen molar-refractivity contribution in [3.63, 3.8) is 0 Å². The standard InChI is InChI=1S/C8H13N3OS/c1-6(2)13(12)11-8-4-3-7(9)5-10-8/h3-6H,9H2,1-2H3,(H,10,11). The van der Waals surface area contributed by atoms with Gasteiger partial charge in [0.2, 0.25) is 0 Å². The zero-order valence-electron chi connectivity index (χ0n) is 7.65. The summed E-state index contributed by atoms with van der Waals surface area (Å²) in [5, 5.41) is 0.0688. The summed E-state index contributed by atoms with van der Waals surface area (Å²) in [6, 6.07) is 3.42. The molecule has 0 radical (unpaired) electrons. The van der Waals surface area contributed by atoms with Crippen molar-refractivity contribution < 1.29 is 4.21 Å². The van der Waals surface area contributed by atoms with Crippen LogP contribution in [0, 0.1) is 0 Å². The van der Waals surface area contributed by atoms with Crippen LogP contribution in [0.4, 0.5) is 11.5 Å². The van der Waals surface area contributed by atoms with Crippen LogP contribution in [0.1, 0.15) is 13.8 Å². The van der Waals surface area contributed by atoms with E-state index in [1.54, 1.807) is 12.1 Å². The third-order valence-corrected chi connectivity index (χ3v) is 2.69. The molecule has 3 N–H and O–H groups in total. The van der Waals surface area contributed by atoms with Gasteiger partial charge in [-0.15, -0.1) is 0 Å². The maximum absolute atomic E-state index is 11.3. The Morgan fingerprint density at radius 1 is 1.54 bits per heavy atom. The number of nitrogens with zero attached hydrogens (tertiary/aromatic N) is 1. The molecule has 0 aliphatic rings. The van der Waals surface area contributed by atoms with Gasteiger partial charge in [-0.05, 0) is 26.0 Å². The fourth-order valence-corrected chi connectivity index (χ4v) is 1.25. The van der Waals surface area contributed by atoms with Crippen molar-refractivity contribution >= 4 is 22.5 Å². The number of hydrogen-bond donors (Lipinski definition) is 2. The van der Waals surface area contributed by atoms with Gasteiger partial charge in [0.25, 0.3) is 0 Å². The summed E-state index contributed by atoms with van der Waals surface area (Å²) in [6.45, 7) is 3.75. The molecular weight excluding hydrogens is 186 g/mol. The largest absolute Gasteiger partial charge is 0.397 e. The quantitative estimate of drug-likeness (QED) is 0.767. The minimum Gasteiger partial charge on any atom is -0.397 e. The highest BCUT2D eigenvalue weighted by Gasteiger charge is 2.04. The number of rotatable bonds is 3. The maximum Gasteiger partial charge on any atom is 0.137 e. The van der Waals surface area contributed by atoms with Crippen LogP contribution < -0.4 is 10.5 Å². The van der Waals surface area contributed by atoms with Crippen LogP contribution in [0.15, 0.2) is 18.3 Å². The molecule has 0 spiro atoms. The molecule has 0 amide bonds. The van der Waals surface area contributed by atoms with Crippen molar-refractivity contribution in [1.29, 1.82) is 0 Å². The van der Waals surface area contributed by atoms with Crippen molar-refractivity contribution in [2.75, 3.05) is 10.5 Å². The third kappa shape index (κ3) is 3.02. The van der Waals surface area contributed by atoms with Crippen LogP contribution in [-0.4, -0.2) is 14.4 Å². The summed E-state index contributed by atoms with van der Waals surface area (Å²) in [5.41, 5.74) is 6.05. The van der Waals surface area contributed by atoms with Crippen molar-refractivity contribution in [3.05, 3.63) is 18.3 Å². The molecule has 0 fully saturated rings. The normalized spacial score (nSPS) is 12.8. The van der Waals surface area contributed by atoms with Crippen LogP contribution in [0.3, 0.4) is 0 Å². The van der Waals surface area contributed by atoms with E-state index in [4.69, 9.17) is 5.73 Å². The lowest BCUT2D eigenvalue weighted by molar-refractivity contribution is 0.680. The van der Waals surface area contributed by atoms with Crippen molar-refractivity contribution in [2.24, 2.45) is 0 Å². The lowest BCUT2D eigenvalue weighted by Crippen LogP contribution is -2.15. The molecular formula is C8H13N3OS. The average Bonchev–Trinajstić information content (AvgIpc) is 2.08. The Morgan fingerprint density at radius 3 is 2.69 bits per heavy atom. The van der Waals surface area contributed by atoms with Gasteiger partial charge in [0.15, 0.2) is 0 Å². The number of nitrogen functional groups attached to an aromatic ring is 1. The predicted octanol–water partition coefficient (Wildman–Crippen LogP) is 1.15. The highest BCUT2D eigenvalue weighted by atomic mass is 32.2. The molecule has 1 aromatic heterocycles. The number of nitrogens with two attached hydrogens (primary N) is 1. The van der Waals surface area contributed by atoms with E-state index < -0.39 is 11.0 Å². The van der Waals surface area contributed by atoms with Gasteiger partial charge in [0, 0.05) is 5.25 Å². The molecule has 0 bridgehead atoms. The number of pyridine rings is 1. The number of hydrogen-bond acceptors (Lipinski definition) is 3. The Hall–Kier alpha value is -1.10. The Labute approximate surface area is 80.1 Å². The molecule has 5 heteroatoms. The first-order valence-electron chi connectivity index (χ1n) is 3.98. The van der Waals surface area contributed by atoms with E-state index in [1.165, 1.54) is 6.20 Å². The van der Waals surface area contributed by atoms with Crippen LogP contribution in [-0.2, 0) is 11.0 Å².